The van der Waals surface area contributed by atoms with E-state index in [1.54, 1.807) is 0 Å². The number of nitro groups is 1. The molecule has 2 rings (SSSR count). The van der Waals surface area contributed by atoms with Crippen molar-refractivity contribution in [2.24, 2.45) is 7.05 Å². The predicted octanol–water partition coefficient (Wildman–Crippen LogP) is -0.0395. The Bertz CT molecular complexity index is 515. The van der Waals surface area contributed by atoms with Crippen molar-refractivity contribution in [2.45, 2.75) is 0 Å². The van der Waals surface area contributed by atoms with Gasteiger partial charge in [0.15, 0.2) is 6.20 Å². The van der Waals surface area contributed by atoms with E-state index in [1.807, 2.05) is 0 Å². The maximum atomic E-state index is 10.5. The molecule has 2 N–H and O–H groups in total. The maximum absolute atomic E-state index is 10.5. The van der Waals surface area contributed by atoms with Crippen LogP contribution in [0.25, 0.3) is 11.6 Å². The van der Waals surface area contributed by atoms with Gasteiger partial charge in [0.25, 0.3) is 5.89 Å². The van der Waals surface area contributed by atoms with Gasteiger partial charge in [0.1, 0.15) is 0 Å². The molecule has 0 saturated carbocycles. The summed E-state index contributed by atoms with van der Waals surface area (Å²) in [7, 11) is 1.47. The molecule has 0 radical (unpaired) electrons. The fraction of sp³-hybridized carbons (Fsp3) is 0.167. The third kappa shape index (κ3) is 1.39. The van der Waals surface area contributed by atoms with Gasteiger partial charge in [-0.15, -0.1) is 5.10 Å². The Labute approximate surface area is 82.7 Å². The van der Waals surface area contributed by atoms with Gasteiger partial charge in [0.2, 0.25) is 5.69 Å². The highest BCUT2D eigenvalue weighted by Gasteiger charge is 2.22. The molecule has 0 aromatic carbocycles. The van der Waals surface area contributed by atoms with Crippen LogP contribution in [0.2, 0.25) is 0 Å². The molecule has 0 atom stereocenters. The van der Waals surface area contributed by atoms with Crippen LogP contribution in [0.4, 0.5) is 12.0 Å². The molecule has 0 saturated heterocycles. The first-order chi connectivity index (χ1) is 7.09. The molecule has 9 heteroatoms. The van der Waals surface area contributed by atoms with Crippen molar-refractivity contribution in [2.75, 3.05) is 5.73 Å². The summed E-state index contributed by atoms with van der Waals surface area (Å²) in [5.74, 6) is -0.211. The van der Waals surface area contributed by atoms with E-state index >= 15 is 0 Å². The van der Waals surface area contributed by atoms with E-state index in [0.717, 1.165) is 0 Å². The van der Waals surface area contributed by atoms with Crippen molar-refractivity contribution in [1.82, 2.24) is 19.7 Å². The number of hydrogen-bond acceptors (Lipinski definition) is 7. The first kappa shape index (κ1) is 9.12. The molecule has 2 aromatic heterocycles. The van der Waals surface area contributed by atoms with Crippen LogP contribution in [0.15, 0.2) is 10.6 Å². The van der Waals surface area contributed by atoms with E-state index in [-0.39, 0.29) is 17.9 Å². The van der Waals surface area contributed by atoms with Crippen molar-refractivity contribution < 1.29 is 9.34 Å². The molecule has 0 aliphatic carbocycles. The van der Waals surface area contributed by atoms with Gasteiger partial charge in [-0.05, 0) is 4.92 Å². The molecule has 15 heavy (non-hydrogen) atoms. The largest absolute Gasteiger partial charge is 0.434 e. The van der Waals surface area contributed by atoms with Crippen LogP contribution in [0.3, 0.4) is 0 Å². The molecule has 9 nitrogen and oxygen atoms in total. The Morgan fingerprint density at radius 2 is 2.33 bits per heavy atom. The van der Waals surface area contributed by atoms with Crippen molar-refractivity contribution in [3.05, 3.63) is 16.3 Å². The van der Waals surface area contributed by atoms with Crippen molar-refractivity contribution in [3.8, 4) is 11.6 Å². The molecule has 0 fully saturated rings. The molecular weight excluding hydrogens is 204 g/mol. The predicted molar refractivity (Wildman–Crippen MR) is 47.6 cm³/mol. The van der Waals surface area contributed by atoms with E-state index in [2.05, 4.69) is 15.2 Å². The van der Waals surface area contributed by atoms with E-state index in [4.69, 9.17) is 10.2 Å². The second-order valence-electron chi connectivity index (χ2n) is 2.71. The van der Waals surface area contributed by atoms with Crippen LogP contribution < -0.4 is 5.73 Å². The number of imidazole rings is 1. The molecule has 0 aliphatic rings. The Morgan fingerprint density at radius 3 is 2.80 bits per heavy atom. The molecule has 0 bridgehead atoms. The minimum atomic E-state index is -0.608. The minimum absolute atomic E-state index is 0.0931. The Kier molecular flexibility index (Phi) is 1.85. The highest BCUT2D eigenvalue weighted by Crippen LogP contribution is 2.21. The molecule has 0 amide bonds. The topological polar surface area (TPSA) is 126 Å². The van der Waals surface area contributed by atoms with Gasteiger partial charge in [-0.2, -0.15) is 0 Å². The molecular formula is C6H6N6O3. The van der Waals surface area contributed by atoms with Gasteiger partial charge in [-0.25, -0.2) is 4.57 Å². The third-order valence-corrected chi connectivity index (χ3v) is 1.79. The van der Waals surface area contributed by atoms with E-state index in [9.17, 15) is 10.1 Å². The average molecular weight is 210 g/mol. The Hall–Kier alpha value is -2.45. The van der Waals surface area contributed by atoms with Crippen LogP contribution in [0.1, 0.15) is 0 Å². The number of aromatic nitrogens is 4. The summed E-state index contributed by atoms with van der Waals surface area (Å²) in [6.45, 7) is 0. The third-order valence-electron chi connectivity index (χ3n) is 1.79. The Balaban J connectivity index is 2.50. The zero-order valence-corrected chi connectivity index (χ0v) is 7.62. The zero-order chi connectivity index (χ0) is 11.0. The molecule has 2 heterocycles. The van der Waals surface area contributed by atoms with Gasteiger partial charge < -0.3 is 20.3 Å². The van der Waals surface area contributed by atoms with Gasteiger partial charge in [0, 0.05) is 0 Å². The summed E-state index contributed by atoms with van der Waals surface area (Å²) in [6.07, 6.45) is 1.27. The highest BCUT2D eigenvalue weighted by molar-refractivity contribution is 5.49. The van der Waals surface area contributed by atoms with Gasteiger partial charge in [-0.3, -0.25) is 0 Å². The minimum Gasteiger partial charge on any atom is -0.400 e. The van der Waals surface area contributed by atoms with Crippen molar-refractivity contribution in [1.29, 1.82) is 0 Å². The summed E-state index contributed by atoms with van der Waals surface area (Å²) in [5, 5.41) is 17.5. The number of nitrogen functional groups attached to an aromatic ring is 1. The highest BCUT2D eigenvalue weighted by atomic mass is 16.6. The summed E-state index contributed by atoms with van der Waals surface area (Å²) in [4.78, 5) is 13.5. The normalized spacial score (nSPS) is 10.5. The average Bonchev–Trinajstić information content (AvgIpc) is 2.71. The monoisotopic (exact) mass is 210 g/mol. The Morgan fingerprint density at radius 1 is 1.60 bits per heavy atom. The van der Waals surface area contributed by atoms with Crippen molar-refractivity contribution in [3.63, 3.8) is 0 Å². The lowest BCUT2D eigenvalue weighted by atomic mass is 10.5. The second-order valence-corrected chi connectivity index (χ2v) is 2.71. The van der Waals surface area contributed by atoms with Crippen LogP contribution in [-0.2, 0) is 7.05 Å². The van der Waals surface area contributed by atoms with E-state index < -0.39 is 4.92 Å². The molecule has 2 aromatic rings. The fourth-order valence-electron chi connectivity index (χ4n) is 1.11. The van der Waals surface area contributed by atoms with Crippen LogP contribution in [-0.4, -0.2) is 24.7 Å². The fourth-order valence-corrected chi connectivity index (χ4v) is 1.11. The first-order valence-electron chi connectivity index (χ1n) is 3.85. The van der Waals surface area contributed by atoms with E-state index in [1.165, 1.54) is 17.8 Å². The van der Waals surface area contributed by atoms with Crippen molar-refractivity contribution >= 4 is 12.0 Å². The maximum Gasteiger partial charge on any atom is 0.434 e. The molecule has 78 valence electrons. The number of nitrogens with zero attached hydrogens (tertiary/aromatic N) is 5. The molecule has 0 aliphatic heterocycles. The number of rotatable bonds is 2. The van der Waals surface area contributed by atoms with Crippen LogP contribution in [0.5, 0.6) is 0 Å². The van der Waals surface area contributed by atoms with Crippen LogP contribution in [0, 0.1) is 10.1 Å². The summed E-state index contributed by atoms with van der Waals surface area (Å²) >= 11 is 0. The number of nitrogens with two attached hydrogens (primary N) is 1. The SMILES string of the molecule is Cn1c(-c2nnc(N)o2)cnc1[N+](=O)[O-]. The number of hydrogen-bond donors (Lipinski definition) is 1. The summed E-state index contributed by atoms with van der Waals surface area (Å²) in [6, 6.07) is -0.103. The second kappa shape index (κ2) is 3.04. The smallest absolute Gasteiger partial charge is 0.400 e. The van der Waals surface area contributed by atoms with Gasteiger partial charge in [0.05, 0.1) is 7.05 Å². The van der Waals surface area contributed by atoms with Crippen LogP contribution >= 0.6 is 0 Å². The van der Waals surface area contributed by atoms with Gasteiger partial charge in [-0.1, -0.05) is 10.1 Å². The standard InChI is InChI=1S/C6H6N6O3/c1-11-3(2-8-6(11)12(13)14)4-9-10-5(7)15-4/h2H,1H3,(H2,7,10). The first-order valence-corrected chi connectivity index (χ1v) is 3.85. The summed E-state index contributed by atoms with van der Waals surface area (Å²) in [5.41, 5.74) is 5.57. The quantitative estimate of drug-likeness (QED) is 0.544. The lowest BCUT2D eigenvalue weighted by Gasteiger charge is -1.94. The lowest BCUT2D eigenvalue weighted by Crippen LogP contribution is -1.99. The van der Waals surface area contributed by atoms with E-state index in [0.29, 0.717) is 5.69 Å². The molecule has 0 unspecified atom stereocenters. The summed E-state index contributed by atoms with van der Waals surface area (Å²) < 4.78 is 6.14. The zero-order valence-electron chi connectivity index (χ0n) is 7.62. The van der Waals surface area contributed by atoms with Gasteiger partial charge >= 0.3 is 12.0 Å². The number of anilines is 1. The lowest BCUT2D eigenvalue weighted by molar-refractivity contribution is -0.396. The molecule has 0 spiro atoms.